The summed E-state index contributed by atoms with van der Waals surface area (Å²) in [6.07, 6.45) is 6.48. The lowest BCUT2D eigenvalue weighted by Gasteiger charge is -2.40. The van der Waals surface area contributed by atoms with E-state index in [1.165, 1.54) is 12.8 Å². The number of anilines is 1. The number of ether oxygens (including phenoxy) is 2. The van der Waals surface area contributed by atoms with Crippen LogP contribution in [0, 0.1) is 12.8 Å². The zero-order valence-electron chi connectivity index (χ0n) is 19.1. The molecule has 0 spiro atoms. The Morgan fingerprint density at radius 2 is 2.00 bits per heavy atom. The third-order valence-corrected chi connectivity index (χ3v) is 6.84. The van der Waals surface area contributed by atoms with Gasteiger partial charge in [0.25, 0.3) is 0 Å². The number of nitrogens with zero attached hydrogens (tertiary/aromatic N) is 1. The average Bonchev–Trinajstić information content (AvgIpc) is 3.53. The first-order chi connectivity index (χ1) is 16.0. The maximum absolute atomic E-state index is 11.3. The van der Waals surface area contributed by atoms with Crippen molar-refractivity contribution in [3.05, 3.63) is 59.3 Å². The van der Waals surface area contributed by atoms with Crippen LogP contribution in [0.4, 0.5) is 5.69 Å². The summed E-state index contributed by atoms with van der Waals surface area (Å²) in [5.41, 5.74) is 8.18. The molecule has 0 unspecified atom stereocenters. The Morgan fingerprint density at radius 1 is 1.21 bits per heavy atom. The van der Waals surface area contributed by atoms with Crippen LogP contribution in [-0.4, -0.2) is 47.4 Å². The van der Waals surface area contributed by atoms with Crippen LogP contribution < -0.4 is 10.2 Å². The number of carbonyl (C=O) groups is 1. The van der Waals surface area contributed by atoms with Gasteiger partial charge in [-0.1, -0.05) is 12.1 Å². The number of nitrogens with one attached hydrogen (secondary N) is 2. The SMILES string of the molecule is COc1cc(C)c2[nH]ccc2c1NN1CC[C@@H](OCC2CC2)C[C@H]1c1ccc(C(=O)O)cc1. The Hall–Kier alpha value is -3.03. The van der Waals surface area contributed by atoms with Crippen molar-refractivity contribution >= 4 is 22.6 Å². The van der Waals surface area contributed by atoms with Crippen molar-refractivity contribution in [2.75, 3.05) is 25.7 Å². The summed E-state index contributed by atoms with van der Waals surface area (Å²) in [5.74, 6) is 0.616. The van der Waals surface area contributed by atoms with Gasteiger partial charge in [0.15, 0.2) is 0 Å². The Labute approximate surface area is 193 Å². The van der Waals surface area contributed by atoms with E-state index in [1.54, 1.807) is 19.2 Å². The van der Waals surface area contributed by atoms with Gasteiger partial charge in [0.2, 0.25) is 0 Å². The van der Waals surface area contributed by atoms with Crippen molar-refractivity contribution < 1.29 is 19.4 Å². The van der Waals surface area contributed by atoms with Gasteiger partial charge in [0.1, 0.15) is 11.4 Å². The van der Waals surface area contributed by atoms with E-state index in [2.05, 4.69) is 28.4 Å². The first-order valence-corrected chi connectivity index (χ1v) is 11.7. The number of aromatic nitrogens is 1. The fraction of sp³-hybridized carbons (Fsp3) is 0.423. The second-order valence-electron chi connectivity index (χ2n) is 9.21. The Morgan fingerprint density at radius 3 is 2.70 bits per heavy atom. The Balaban J connectivity index is 1.44. The number of aromatic carboxylic acids is 1. The molecule has 33 heavy (non-hydrogen) atoms. The van der Waals surface area contributed by atoms with E-state index in [-0.39, 0.29) is 12.1 Å². The minimum Gasteiger partial charge on any atom is -0.495 e. The number of aryl methyl sites for hydroxylation is 1. The molecule has 5 rings (SSSR count). The van der Waals surface area contributed by atoms with Gasteiger partial charge in [0, 0.05) is 24.7 Å². The lowest BCUT2D eigenvalue weighted by Crippen LogP contribution is -2.43. The number of carboxylic acid groups (broad SMARTS) is 1. The molecule has 2 aromatic carbocycles. The number of carboxylic acids is 1. The standard InChI is InChI=1S/C26H31N3O4/c1-16-13-23(32-2)25(21-9-11-27-24(16)21)28-29-12-10-20(33-15-17-3-4-17)14-22(29)18-5-7-19(8-6-18)26(30)31/h5-9,11,13,17,20,22,27-28H,3-4,10,12,14-15H2,1-2H3,(H,30,31)/t20-,22+/m1/s1. The van der Waals surface area contributed by atoms with E-state index in [1.807, 2.05) is 24.4 Å². The molecule has 1 aliphatic heterocycles. The van der Waals surface area contributed by atoms with Crippen molar-refractivity contribution in [3.8, 4) is 5.75 Å². The number of hydrazine groups is 1. The van der Waals surface area contributed by atoms with Crippen LogP contribution in [0.5, 0.6) is 5.75 Å². The third-order valence-electron chi connectivity index (χ3n) is 6.84. The van der Waals surface area contributed by atoms with Crippen LogP contribution in [0.15, 0.2) is 42.6 Å². The summed E-state index contributed by atoms with van der Waals surface area (Å²) in [5, 5.41) is 12.6. The molecule has 1 saturated carbocycles. The van der Waals surface area contributed by atoms with E-state index in [9.17, 15) is 9.90 Å². The summed E-state index contributed by atoms with van der Waals surface area (Å²) in [6, 6.07) is 11.4. The summed E-state index contributed by atoms with van der Waals surface area (Å²) >= 11 is 0. The number of rotatable bonds is 8. The van der Waals surface area contributed by atoms with Gasteiger partial charge in [0.05, 0.1) is 30.3 Å². The van der Waals surface area contributed by atoms with Gasteiger partial charge in [-0.05, 0) is 73.9 Å². The first kappa shape index (κ1) is 21.8. The fourth-order valence-corrected chi connectivity index (χ4v) is 4.74. The highest BCUT2D eigenvalue weighted by Crippen LogP contribution is 2.39. The van der Waals surface area contributed by atoms with E-state index >= 15 is 0 Å². The molecule has 2 atom stereocenters. The maximum atomic E-state index is 11.3. The predicted molar refractivity (Wildman–Crippen MR) is 128 cm³/mol. The molecule has 0 bridgehead atoms. The van der Waals surface area contributed by atoms with Gasteiger partial charge >= 0.3 is 5.97 Å². The highest BCUT2D eigenvalue weighted by Gasteiger charge is 2.33. The molecule has 1 aliphatic carbocycles. The van der Waals surface area contributed by atoms with Gasteiger partial charge in [-0.15, -0.1) is 0 Å². The van der Waals surface area contributed by atoms with Gasteiger partial charge < -0.3 is 25.0 Å². The van der Waals surface area contributed by atoms with Gasteiger partial charge in [-0.3, -0.25) is 0 Å². The highest BCUT2D eigenvalue weighted by atomic mass is 16.5. The van der Waals surface area contributed by atoms with Crippen LogP contribution in [0.25, 0.3) is 10.9 Å². The number of hydrogen-bond acceptors (Lipinski definition) is 5. The third kappa shape index (κ3) is 4.56. The zero-order chi connectivity index (χ0) is 22.9. The molecule has 0 radical (unpaired) electrons. The van der Waals surface area contributed by atoms with E-state index in [0.717, 1.165) is 65.4 Å². The topological polar surface area (TPSA) is 86.8 Å². The van der Waals surface area contributed by atoms with Crippen molar-refractivity contribution in [3.63, 3.8) is 0 Å². The summed E-state index contributed by atoms with van der Waals surface area (Å²) in [4.78, 5) is 14.7. The maximum Gasteiger partial charge on any atom is 0.335 e. The second kappa shape index (κ2) is 9.08. The highest BCUT2D eigenvalue weighted by molar-refractivity contribution is 5.97. The number of H-pyrrole nitrogens is 1. The molecular formula is C26H31N3O4. The molecule has 7 heteroatoms. The van der Waals surface area contributed by atoms with Crippen LogP contribution in [0.2, 0.25) is 0 Å². The van der Waals surface area contributed by atoms with Gasteiger partial charge in [-0.25, -0.2) is 9.80 Å². The lowest BCUT2D eigenvalue weighted by molar-refractivity contribution is -0.0138. The normalized spacial score (nSPS) is 21.3. The van der Waals surface area contributed by atoms with Crippen molar-refractivity contribution in [2.45, 2.75) is 44.8 Å². The van der Waals surface area contributed by atoms with Crippen molar-refractivity contribution in [1.29, 1.82) is 0 Å². The molecule has 2 heterocycles. The van der Waals surface area contributed by atoms with E-state index in [4.69, 9.17) is 9.47 Å². The average molecular weight is 450 g/mol. The molecule has 3 N–H and O–H groups in total. The molecule has 2 fully saturated rings. The summed E-state index contributed by atoms with van der Waals surface area (Å²) in [6.45, 7) is 3.72. The molecule has 1 saturated heterocycles. The molecule has 1 aromatic heterocycles. The molecule has 7 nitrogen and oxygen atoms in total. The van der Waals surface area contributed by atoms with Crippen LogP contribution in [0.3, 0.4) is 0 Å². The minimum atomic E-state index is -0.912. The van der Waals surface area contributed by atoms with Gasteiger partial charge in [-0.2, -0.15) is 0 Å². The summed E-state index contributed by atoms with van der Waals surface area (Å²) < 4.78 is 12.0. The van der Waals surface area contributed by atoms with E-state index < -0.39 is 5.97 Å². The first-order valence-electron chi connectivity index (χ1n) is 11.7. The number of fused-ring (bicyclic) bond motifs is 1. The Kier molecular flexibility index (Phi) is 6.00. The quantitative estimate of drug-likeness (QED) is 0.441. The molecule has 174 valence electrons. The summed E-state index contributed by atoms with van der Waals surface area (Å²) in [7, 11) is 1.69. The number of aromatic amines is 1. The van der Waals surface area contributed by atoms with Crippen molar-refractivity contribution in [1.82, 2.24) is 9.99 Å². The molecular weight excluding hydrogens is 418 g/mol. The fourth-order valence-electron chi connectivity index (χ4n) is 4.74. The largest absolute Gasteiger partial charge is 0.495 e. The zero-order valence-corrected chi connectivity index (χ0v) is 19.1. The molecule has 2 aliphatic rings. The number of hydrogen-bond donors (Lipinski definition) is 3. The van der Waals surface area contributed by atoms with Crippen molar-refractivity contribution in [2.24, 2.45) is 5.92 Å². The number of benzene rings is 2. The molecule has 0 amide bonds. The van der Waals surface area contributed by atoms with Crippen LogP contribution in [0.1, 0.15) is 53.2 Å². The minimum absolute atomic E-state index is 0.0470. The second-order valence-corrected chi connectivity index (χ2v) is 9.21. The molecule has 3 aromatic rings. The van der Waals surface area contributed by atoms with Crippen LogP contribution >= 0.6 is 0 Å². The lowest BCUT2D eigenvalue weighted by atomic mass is 9.94. The number of piperidine rings is 1. The van der Waals surface area contributed by atoms with Crippen LogP contribution in [-0.2, 0) is 4.74 Å². The number of methoxy groups -OCH3 is 1. The Bertz CT molecular complexity index is 1140. The predicted octanol–water partition coefficient (Wildman–Crippen LogP) is 5.14. The monoisotopic (exact) mass is 449 g/mol. The van der Waals surface area contributed by atoms with E-state index in [0.29, 0.717) is 5.56 Å². The smallest absolute Gasteiger partial charge is 0.335 e.